The molecule has 1 aromatic heterocycles. The minimum atomic E-state index is 0.711. The number of hydrogen-bond donors (Lipinski definition) is 1. The zero-order valence-corrected chi connectivity index (χ0v) is 14.1. The van der Waals surface area contributed by atoms with E-state index in [9.17, 15) is 0 Å². The molecule has 1 aliphatic carbocycles. The van der Waals surface area contributed by atoms with E-state index in [0.717, 1.165) is 23.6 Å². The fraction of sp³-hybridized carbons (Fsp3) is 0.600. The molecule has 1 aromatic carbocycles. The fourth-order valence-corrected chi connectivity index (χ4v) is 5.81. The van der Waals surface area contributed by atoms with Gasteiger partial charge in [-0.05, 0) is 48.8 Å². The number of aromatic nitrogens is 1. The number of ether oxygens (including phenoxy) is 1. The third kappa shape index (κ3) is 1.92. The predicted octanol–water partition coefficient (Wildman–Crippen LogP) is 3.94. The molecule has 0 radical (unpaired) electrons. The number of piperidine rings is 2. The lowest BCUT2D eigenvalue weighted by Crippen LogP contribution is -2.56. The molecule has 2 aromatic rings. The van der Waals surface area contributed by atoms with Gasteiger partial charge in [0.1, 0.15) is 5.75 Å². The lowest BCUT2D eigenvalue weighted by molar-refractivity contribution is -0.0134. The first-order chi connectivity index (χ1) is 11.3. The van der Waals surface area contributed by atoms with Crippen LogP contribution < -0.4 is 4.74 Å². The van der Waals surface area contributed by atoms with Gasteiger partial charge in [-0.2, -0.15) is 0 Å². The Morgan fingerprint density at radius 2 is 2.22 bits per heavy atom. The zero-order valence-electron chi connectivity index (χ0n) is 14.1. The average molecular weight is 310 g/mol. The van der Waals surface area contributed by atoms with Crippen molar-refractivity contribution >= 4 is 10.9 Å². The summed E-state index contributed by atoms with van der Waals surface area (Å²) in [5.41, 5.74) is 4.39. The van der Waals surface area contributed by atoms with Gasteiger partial charge in [0.15, 0.2) is 0 Å². The largest absolute Gasteiger partial charge is 0.497 e. The van der Waals surface area contributed by atoms with Gasteiger partial charge in [-0.3, -0.25) is 4.90 Å². The Balaban J connectivity index is 1.66. The van der Waals surface area contributed by atoms with Crippen molar-refractivity contribution in [1.29, 1.82) is 0 Å². The smallest absolute Gasteiger partial charge is 0.120 e. The molecular weight excluding hydrogens is 284 g/mol. The molecule has 1 N–H and O–H groups in total. The Labute approximate surface area is 138 Å². The SMILES string of the molecule is CC[C@H]1C[C@H]2CC3c4[nH]c5cc(OC)ccc5c4CCN(C2)[C@H]31. The van der Waals surface area contributed by atoms with Crippen LogP contribution in [0, 0.1) is 11.8 Å². The van der Waals surface area contributed by atoms with Crippen molar-refractivity contribution in [2.75, 3.05) is 20.2 Å². The lowest BCUT2D eigenvalue weighted by atomic mass is 9.65. The number of nitrogens with zero attached hydrogens (tertiary/aromatic N) is 1. The summed E-state index contributed by atoms with van der Waals surface area (Å²) in [5.74, 6) is 3.46. The highest BCUT2D eigenvalue weighted by Crippen LogP contribution is 2.51. The van der Waals surface area contributed by atoms with Crippen LogP contribution in [0.2, 0.25) is 0 Å². The quantitative estimate of drug-likeness (QED) is 0.910. The number of aromatic amines is 1. The molecule has 3 aliphatic heterocycles. The van der Waals surface area contributed by atoms with Crippen LogP contribution in [-0.2, 0) is 6.42 Å². The van der Waals surface area contributed by atoms with Gasteiger partial charge in [0.2, 0.25) is 0 Å². The van der Waals surface area contributed by atoms with Gasteiger partial charge in [-0.25, -0.2) is 0 Å². The van der Waals surface area contributed by atoms with E-state index in [1.54, 1.807) is 18.4 Å². The summed E-state index contributed by atoms with van der Waals surface area (Å²) in [5, 5.41) is 1.42. The molecule has 23 heavy (non-hydrogen) atoms. The number of methoxy groups -OCH3 is 1. The number of H-pyrrole nitrogens is 1. The second-order valence-electron chi connectivity index (χ2n) is 7.78. The molecular formula is C20H26N2O. The third-order valence-corrected chi connectivity index (χ3v) is 6.72. The molecule has 6 rings (SSSR count). The molecule has 122 valence electrons. The van der Waals surface area contributed by atoms with E-state index in [1.165, 1.54) is 49.7 Å². The Kier molecular flexibility index (Phi) is 3.03. The first kappa shape index (κ1) is 13.9. The van der Waals surface area contributed by atoms with Crippen LogP contribution in [0.15, 0.2) is 18.2 Å². The van der Waals surface area contributed by atoms with Crippen LogP contribution >= 0.6 is 0 Å². The highest BCUT2D eigenvalue weighted by molar-refractivity contribution is 5.86. The van der Waals surface area contributed by atoms with Crippen molar-refractivity contribution < 1.29 is 4.74 Å². The first-order valence-electron chi connectivity index (χ1n) is 9.21. The number of fused-ring (bicyclic) bond motifs is 4. The molecule has 4 heterocycles. The molecule has 4 aliphatic rings. The Hall–Kier alpha value is -1.48. The van der Waals surface area contributed by atoms with Crippen LogP contribution in [0.25, 0.3) is 10.9 Å². The third-order valence-electron chi connectivity index (χ3n) is 6.72. The minimum Gasteiger partial charge on any atom is -0.497 e. The van der Waals surface area contributed by atoms with E-state index in [1.807, 2.05) is 0 Å². The van der Waals surface area contributed by atoms with Crippen molar-refractivity contribution in [2.24, 2.45) is 11.8 Å². The van der Waals surface area contributed by atoms with Gasteiger partial charge in [0.05, 0.1) is 7.11 Å². The Bertz CT molecular complexity index is 749. The number of rotatable bonds is 2. The van der Waals surface area contributed by atoms with Crippen LogP contribution in [0.5, 0.6) is 5.75 Å². The topological polar surface area (TPSA) is 28.3 Å². The summed E-state index contributed by atoms with van der Waals surface area (Å²) in [4.78, 5) is 6.63. The summed E-state index contributed by atoms with van der Waals surface area (Å²) < 4.78 is 5.42. The molecule has 3 fully saturated rings. The van der Waals surface area contributed by atoms with Gasteiger partial charge in [-0.15, -0.1) is 0 Å². The number of benzene rings is 1. The lowest BCUT2D eigenvalue weighted by Gasteiger charge is -2.53. The van der Waals surface area contributed by atoms with E-state index in [-0.39, 0.29) is 0 Å². The molecule has 3 nitrogen and oxygen atoms in total. The van der Waals surface area contributed by atoms with Gasteiger partial charge in [-0.1, -0.05) is 13.3 Å². The summed E-state index contributed by atoms with van der Waals surface area (Å²) in [6, 6.07) is 7.29. The van der Waals surface area contributed by atoms with Crippen LogP contribution in [0.1, 0.15) is 43.4 Å². The van der Waals surface area contributed by atoms with Gasteiger partial charge in [0, 0.05) is 47.7 Å². The maximum Gasteiger partial charge on any atom is 0.120 e. The normalized spacial score (nSPS) is 35.1. The fourth-order valence-electron chi connectivity index (χ4n) is 5.81. The average Bonchev–Trinajstić information content (AvgIpc) is 2.92. The van der Waals surface area contributed by atoms with Crippen LogP contribution in [0.4, 0.5) is 0 Å². The molecule has 5 atom stereocenters. The molecule has 2 saturated heterocycles. The van der Waals surface area contributed by atoms with Crippen molar-refractivity contribution in [3.8, 4) is 5.75 Å². The van der Waals surface area contributed by atoms with E-state index in [4.69, 9.17) is 4.74 Å². The summed E-state index contributed by atoms with van der Waals surface area (Å²) in [7, 11) is 1.75. The van der Waals surface area contributed by atoms with Gasteiger partial charge >= 0.3 is 0 Å². The summed E-state index contributed by atoms with van der Waals surface area (Å²) in [6.07, 6.45) is 5.36. The van der Waals surface area contributed by atoms with Crippen molar-refractivity contribution in [3.63, 3.8) is 0 Å². The standard InChI is InChI=1S/C20H26N2O/c1-3-13-8-12-9-17-19-16(6-7-22(11-12)20(13)17)15-5-4-14(23-2)10-18(15)21-19/h4-5,10,12-13,17,20-21H,3,6-9,11H2,1-2H3/t12-,13-,17?,20-/m0/s1. The number of nitrogens with one attached hydrogen (secondary N) is 1. The Morgan fingerprint density at radius 1 is 1.30 bits per heavy atom. The number of hydrogen-bond acceptors (Lipinski definition) is 2. The second-order valence-corrected chi connectivity index (χ2v) is 7.78. The zero-order chi connectivity index (χ0) is 15.6. The maximum absolute atomic E-state index is 5.42. The van der Waals surface area contributed by atoms with Gasteiger partial charge < -0.3 is 9.72 Å². The first-order valence-corrected chi connectivity index (χ1v) is 9.21. The summed E-state index contributed by atoms with van der Waals surface area (Å²) in [6.45, 7) is 4.96. The second kappa shape index (κ2) is 5.01. The van der Waals surface area contributed by atoms with Crippen LogP contribution in [0.3, 0.4) is 0 Å². The molecule has 3 heteroatoms. The predicted molar refractivity (Wildman–Crippen MR) is 93.2 cm³/mol. The van der Waals surface area contributed by atoms with Crippen molar-refractivity contribution in [2.45, 2.75) is 44.6 Å². The molecule has 2 unspecified atom stereocenters. The molecule has 4 bridgehead atoms. The Morgan fingerprint density at radius 3 is 3.04 bits per heavy atom. The van der Waals surface area contributed by atoms with E-state index in [2.05, 4.69) is 35.0 Å². The molecule has 0 spiro atoms. The minimum absolute atomic E-state index is 0.711. The summed E-state index contributed by atoms with van der Waals surface area (Å²) >= 11 is 0. The molecule has 0 amide bonds. The van der Waals surface area contributed by atoms with E-state index >= 15 is 0 Å². The van der Waals surface area contributed by atoms with E-state index < -0.39 is 0 Å². The molecule has 1 saturated carbocycles. The van der Waals surface area contributed by atoms with Crippen molar-refractivity contribution in [3.05, 3.63) is 29.5 Å². The van der Waals surface area contributed by atoms with Gasteiger partial charge in [0.25, 0.3) is 0 Å². The van der Waals surface area contributed by atoms with Crippen LogP contribution in [-0.4, -0.2) is 36.1 Å². The highest BCUT2D eigenvalue weighted by Gasteiger charge is 2.48. The monoisotopic (exact) mass is 310 g/mol. The highest BCUT2D eigenvalue weighted by atomic mass is 16.5. The maximum atomic E-state index is 5.42. The van der Waals surface area contributed by atoms with Crippen molar-refractivity contribution in [1.82, 2.24) is 9.88 Å². The van der Waals surface area contributed by atoms with E-state index in [0.29, 0.717) is 5.92 Å².